The largest absolute Gasteiger partial charge is 0.278 e. The van der Waals surface area contributed by atoms with E-state index < -0.39 is 15.9 Å². The van der Waals surface area contributed by atoms with Gasteiger partial charge < -0.3 is 0 Å². The lowest BCUT2D eigenvalue weighted by Gasteiger charge is -2.19. The van der Waals surface area contributed by atoms with Crippen molar-refractivity contribution in [1.82, 2.24) is 10.3 Å². The molecule has 0 bridgehead atoms. The third-order valence-corrected chi connectivity index (χ3v) is 6.04. The van der Waals surface area contributed by atoms with E-state index in [9.17, 15) is 17.6 Å². The van der Waals surface area contributed by atoms with E-state index in [2.05, 4.69) is 10.3 Å². The monoisotopic (exact) mass is 410 g/mol. The number of sulfonamides is 1. The molecule has 2 N–H and O–H groups in total. The zero-order chi connectivity index (χ0) is 20.1. The first-order valence-electron chi connectivity index (χ1n) is 8.37. The van der Waals surface area contributed by atoms with Crippen molar-refractivity contribution in [3.05, 3.63) is 59.9 Å². The maximum absolute atomic E-state index is 12.8. The summed E-state index contributed by atoms with van der Waals surface area (Å²) in [6.45, 7) is 6.12. The predicted octanol–water partition coefficient (Wildman–Crippen LogP) is 3.62. The molecular weight excluding hydrogens is 387 g/mol. The molecule has 0 unspecified atom stereocenters. The molecule has 0 saturated carbocycles. The SMILES string of the molecule is CC(C)(C)c1ccc(S(=O)(=O)NNC(=O)CCSc2ccc(F)cc2)cc1. The number of rotatable bonds is 7. The number of thioether (sulfide) groups is 1. The second-order valence-corrected chi connectivity index (χ2v) is 9.83. The van der Waals surface area contributed by atoms with Crippen molar-refractivity contribution >= 4 is 27.7 Å². The molecule has 0 spiro atoms. The summed E-state index contributed by atoms with van der Waals surface area (Å²) in [5, 5.41) is 0. The van der Waals surface area contributed by atoms with Gasteiger partial charge in [0.15, 0.2) is 0 Å². The Morgan fingerprint density at radius 2 is 1.63 bits per heavy atom. The Morgan fingerprint density at radius 1 is 1.04 bits per heavy atom. The highest BCUT2D eigenvalue weighted by molar-refractivity contribution is 7.99. The highest BCUT2D eigenvalue weighted by Gasteiger charge is 2.18. The lowest BCUT2D eigenvalue weighted by Crippen LogP contribution is -2.41. The first-order valence-corrected chi connectivity index (χ1v) is 10.8. The van der Waals surface area contributed by atoms with E-state index in [1.807, 2.05) is 20.8 Å². The minimum absolute atomic E-state index is 0.0773. The van der Waals surface area contributed by atoms with Crippen molar-refractivity contribution in [1.29, 1.82) is 0 Å². The molecule has 0 aliphatic heterocycles. The van der Waals surface area contributed by atoms with Crippen LogP contribution in [-0.2, 0) is 20.2 Å². The predicted molar refractivity (Wildman–Crippen MR) is 105 cm³/mol. The van der Waals surface area contributed by atoms with Crippen LogP contribution in [0.3, 0.4) is 0 Å². The van der Waals surface area contributed by atoms with E-state index in [0.29, 0.717) is 5.75 Å². The molecule has 0 fully saturated rings. The third-order valence-electron chi connectivity index (χ3n) is 3.77. The molecule has 0 aliphatic rings. The summed E-state index contributed by atoms with van der Waals surface area (Å²) in [5.41, 5.74) is 3.15. The lowest BCUT2D eigenvalue weighted by molar-refractivity contribution is -0.121. The van der Waals surface area contributed by atoms with E-state index >= 15 is 0 Å². The van der Waals surface area contributed by atoms with Crippen LogP contribution in [0.15, 0.2) is 58.3 Å². The quantitative estimate of drug-likeness (QED) is 0.540. The molecule has 0 heterocycles. The summed E-state index contributed by atoms with van der Waals surface area (Å²) < 4.78 is 37.3. The fraction of sp³-hybridized carbons (Fsp3) is 0.316. The van der Waals surface area contributed by atoms with E-state index in [-0.39, 0.29) is 22.5 Å². The summed E-state index contributed by atoms with van der Waals surface area (Å²) in [7, 11) is -3.83. The molecular formula is C19H23FN2O3S2. The zero-order valence-electron chi connectivity index (χ0n) is 15.5. The van der Waals surface area contributed by atoms with Crippen molar-refractivity contribution in [2.75, 3.05) is 5.75 Å². The Hall–Kier alpha value is -1.90. The van der Waals surface area contributed by atoms with Gasteiger partial charge in [-0.3, -0.25) is 10.2 Å². The van der Waals surface area contributed by atoms with Gasteiger partial charge in [0.05, 0.1) is 4.90 Å². The fourth-order valence-electron chi connectivity index (χ4n) is 2.17. The van der Waals surface area contributed by atoms with Gasteiger partial charge in [-0.05, 0) is 47.4 Å². The maximum Gasteiger partial charge on any atom is 0.257 e. The Bertz CT molecular complexity index is 875. The van der Waals surface area contributed by atoms with Crippen LogP contribution in [0, 0.1) is 5.82 Å². The van der Waals surface area contributed by atoms with Crippen LogP contribution in [0.2, 0.25) is 0 Å². The first kappa shape index (κ1) is 21.4. The van der Waals surface area contributed by atoms with Crippen molar-refractivity contribution in [3.8, 4) is 0 Å². The third kappa shape index (κ3) is 6.64. The number of halogens is 1. The van der Waals surface area contributed by atoms with Crippen molar-refractivity contribution in [3.63, 3.8) is 0 Å². The van der Waals surface area contributed by atoms with Gasteiger partial charge in [0.2, 0.25) is 5.91 Å². The molecule has 8 heteroatoms. The average Bonchev–Trinajstić information content (AvgIpc) is 2.61. The summed E-state index contributed by atoms with van der Waals surface area (Å²) in [6.07, 6.45) is 0.119. The standard InChI is InChI=1S/C19H23FN2O3S2/c1-19(2,3)14-4-10-17(11-5-14)27(24,25)22-21-18(23)12-13-26-16-8-6-15(20)7-9-16/h4-11,22H,12-13H2,1-3H3,(H,21,23). The number of carbonyl (C=O) groups excluding carboxylic acids is 1. The number of hydrazine groups is 1. The fourth-order valence-corrected chi connectivity index (χ4v) is 3.88. The molecule has 0 saturated heterocycles. The molecule has 5 nitrogen and oxygen atoms in total. The van der Waals surface area contributed by atoms with Gasteiger partial charge in [-0.25, -0.2) is 12.8 Å². The summed E-state index contributed by atoms with van der Waals surface area (Å²) >= 11 is 1.39. The van der Waals surface area contributed by atoms with E-state index in [1.165, 1.54) is 36.0 Å². The summed E-state index contributed by atoms with van der Waals surface area (Å²) in [5.74, 6) is -0.319. The molecule has 0 aliphatic carbocycles. The Balaban J connectivity index is 1.83. The minimum atomic E-state index is -3.83. The molecule has 146 valence electrons. The maximum atomic E-state index is 12.8. The number of carbonyl (C=O) groups is 1. The van der Waals surface area contributed by atoms with Crippen LogP contribution in [-0.4, -0.2) is 20.1 Å². The highest BCUT2D eigenvalue weighted by atomic mass is 32.2. The van der Waals surface area contributed by atoms with Crippen LogP contribution >= 0.6 is 11.8 Å². The zero-order valence-corrected chi connectivity index (χ0v) is 17.1. The minimum Gasteiger partial charge on any atom is -0.278 e. The van der Waals surface area contributed by atoms with E-state index in [4.69, 9.17) is 0 Å². The second kappa shape index (κ2) is 8.86. The van der Waals surface area contributed by atoms with Crippen LogP contribution in [0.4, 0.5) is 4.39 Å². The summed E-state index contributed by atoms with van der Waals surface area (Å²) in [6, 6.07) is 12.5. The molecule has 1 amide bonds. The van der Waals surface area contributed by atoms with Crippen LogP contribution in [0.1, 0.15) is 32.8 Å². The van der Waals surface area contributed by atoms with Crippen LogP contribution in [0.25, 0.3) is 0 Å². The Morgan fingerprint density at radius 3 is 2.19 bits per heavy atom. The molecule has 2 aromatic rings. The van der Waals surface area contributed by atoms with Gasteiger partial charge in [-0.1, -0.05) is 32.9 Å². The normalized spacial score (nSPS) is 12.0. The van der Waals surface area contributed by atoms with Gasteiger partial charge in [0.25, 0.3) is 10.0 Å². The summed E-state index contributed by atoms with van der Waals surface area (Å²) in [4.78, 5) is 14.9. The van der Waals surface area contributed by atoms with Gasteiger partial charge in [-0.2, -0.15) is 0 Å². The Kier molecular flexibility index (Phi) is 7.02. The van der Waals surface area contributed by atoms with Crippen LogP contribution in [0.5, 0.6) is 0 Å². The molecule has 2 rings (SSSR count). The number of hydrogen-bond donors (Lipinski definition) is 2. The number of nitrogens with one attached hydrogen (secondary N) is 2. The second-order valence-electron chi connectivity index (χ2n) is 6.98. The van der Waals surface area contributed by atoms with Crippen molar-refractivity contribution < 1.29 is 17.6 Å². The van der Waals surface area contributed by atoms with E-state index in [0.717, 1.165) is 10.5 Å². The number of benzene rings is 2. The molecule has 0 aromatic heterocycles. The number of amides is 1. The smallest absolute Gasteiger partial charge is 0.257 e. The van der Waals surface area contributed by atoms with Crippen molar-refractivity contribution in [2.24, 2.45) is 0 Å². The van der Waals surface area contributed by atoms with E-state index in [1.54, 1.807) is 24.3 Å². The highest BCUT2D eigenvalue weighted by Crippen LogP contribution is 2.23. The average molecular weight is 411 g/mol. The Labute approximate surface area is 163 Å². The molecule has 2 aromatic carbocycles. The van der Waals surface area contributed by atoms with Crippen molar-refractivity contribution in [2.45, 2.75) is 42.4 Å². The first-order chi connectivity index (χ1) is 12.6. The van der Waals surface area contributed by atoms with Gasteiger partial charge in [0, 0.05) is 17.1 Å². The molecule has 0 atom stereocenters. The topological polar surface area (TPSA) is 75.3 Å². The van der Waals surface area contributed by atoms with Gasteiger partial charge in [0.1, 0.15) is 5.82 Å². The van der Waals surface area contributed by atoms with Crippen LogP contribution < -0.4 is 10.3 Å². The molecule has 0 radical (unpaired) electrons. The number of hydrogen-bond acceptors (Lipinski definition) is 4. The molecule has 27 heavy (non-hydrogen) atoms. The van der Waals surface area contributed by atoms with Gasteiger partial charge >= 0.3 is 0 Å². The van der Waals surface area contributed by atoms with Gasteiger partial charge in [-0.15, -0.1) is 16.6 Å². The lowest BCUT2D eigenvalue weighted by atomic mass is 9.87.